The first-order chi connectivity index (χ1) is 11.6. The Morgan fingerprint density at radius 3 is 2.67 bits per heavy atom. The van der Waals surface area contributed by atoms with E-state index in [1.807, 2.05) is 30.9 Å². The second-order valence-electron chi connectivity index (χ2n) is 6.31. The van der Waals surface area contributed by atoms with Crippen molar-refractivity contribution in [1.82, 2.24) is 25.1 Å². The number of rotatable bonds is 4. The Balaban J connectivity index is 1.76. The largest absolute Gasteiger partial charge is 0.342 e. The zero-order valence-electron chi connectivity index (χ0n) is 14.4. The maximum absolute atomic E-state index is 12.6. The molecular formula is C17H23N5OS. The van der Waals surface area contributed by atoms with Crippen LogP contribution < -0.4 is 0 Å². The summed E-state index contributed by atoms with van der Waals surface area (Å²) >= 11 is 1.42. The van der Waals surface area contributed by atoms with Gasteiger partial charge in [0.15, 0.2) is 0 Å². The molecule has 24 heavy (non-hydrogen) atoms. The second kappa shape index (κ2) is 7.34. The standard InChI is InChI=1S/C17H23N5OS/c1-12-7-8-15(13(2)11-12)22-17(18-19-20-22)24-14(3)16(23)21-9-5-4-6-10-21/h7-8,11,14H,4-6,9-10H2,1-3H3/t14-/m1/s1. The molecular weight excluding hydrogens is 322 g/mol. The van der Waals surface area contributed by atoms with Crippen molar-refractivity contribution in [2.45, 2.75) is 50.4 Å². The van der Waals surface area contributed by atoms with E-state index in [4.69, 9.17) is 0 Å². The number of piperidine rings is 1. The minimum atomic E-state index is -0.196. The SMILES string of the molecule is Cc1ccc(-n2nnnc2S[C@H](C)C(=O)N2CCCCC2)c(C)c1. The molecule has 6 nitrogen and oxygen atoms in total. The van der Waals surface area contributed by atoms with Gasteiger partial charge in [0.25, 0.3) is 0 Å². The van der Waals surface area contributed by atoms with E-state index in [0.717, 1.165) is 37.2 Å². The predicted molar refractivity (Wildman–Crippen MR) is 94.4 cm³/mol. The fraction of sp³-hybridized carbons (Fsp3) is 0.529. The lowest BCUT2D eigenvalue weighted by molar-refractivity contribution is -0.131. The van der Waals surface area contributed by atoms with Crippen molar-refractivity contribution in [3.05, 3.63) is 29.3 Å². The lowest BCUT2D eigenvalue weighted by Crippen LogP contribution is -2.40. The summed E-state index contributed by atoms with van der Waals surface area (Å²) in [5.74, 6) is 0.176. The van der Waals surface area contributed by atoms with Gasteiger partial charge in [-0.05, 0) is 62.1 Å². The minimum absolute atomic E-state index is 0.176. The lowest BCUT2D eigenvalue weighted by Gasteiger charge is -2.28. The van der Waals surface area contributed by atoms with Crippen LogP contribution in [0.4, 0.5) is 0 Å². The van der Waals surface area contributed by atoms with Gasteiger partial charge in [-0.2, -0.15) is 4.68 Å². The van der Waals surface area contributed by atoms with E-state index in [2.05, 4.69) is 28.5 Å². The summed E-state index contributed by atoms with van der Waals surface area (Å²) in [7, 11) is 0. The first kappa shape index (κ1) is 17.0. The van der Waals surface area contributed by atoms with Gasteiger partial charge in [-0.3, -0.25) is 4.79 Å². The molecule has 3 rings (SSSR count). The molecule has 1 aliphatic heterocycles. The van der Waals surface area contributed by atoms with Crippen LogP contribution in [0.5, 0.6) is 0 Å². The Labute approximate surface area is 146 Å². The van der Waals surface area contributed by atoms with Crippen LogP contribution in [0.2, 0.25) is 0 Å². The van der Waals surface area contributed by atoms with Crippen LogP contribution in [0, 0.1) is 13.8 Å². The van der Waals surface area contributed by atoms with Crippen molar-refractivity contribution < 1.29 is 4.79 Å². The first-order valence-electron chi connectivity index (χ1n) is 8.37. The smallest absolute Gasteiger partial charge is 0.235 e. The van der Waals surface area contributed by atoms with Gasteiger partial charge in [-0.25, -0.2) is 0 Å². The number of thioether (sulfide) groups is 1. The zero-order chi connectivity index (χ0) is 17.1. The number of carbonyl (C=O) groups is 1. The molecule has 1 saturated heterocycles. The van der Waals surface area contributed by atoms with Gasteiger partial charge in [0, 0.05) is 13.1 Å². The Morgan fingerprint density at radius 2 is 1.96 bits per heavy atom. The Hall–Kier alpha value is -1.89. The van der Waals surface area contributed by atoms with Gasteiger partial charge in [-0.15, -0.1) is 5.10 Å². The minimum Gasteiger partial charge on any atom is -0.342 e. The van der Waals surface area contributed by atoms with E-state index in [1.54, 1.807) is 4.68 Å². The highest BCUT2D eigenvalue weighted by atomic mass is 32.2. The topological polar surface area (TPSA) is 63.9 Å². The summed E-state index contributed by atoms with van der Waals surface area (Å²) in [5.41, 5.74) is 3.26. The van der Waals surface area contributed by atoms with E-state index in [9.17, 15) is 4.79 Å². The van der Waals surface area contributed by atoms with E-state index >= 15 is 0 Å². The molecule has 1 fully saturated rings. The van der Waals surface area contributed by atoms with Crippen molar-refractivity contribution in [2.24, 2.45) is 0 Å². The van der Waals surface area contributed by atoms with Crippen molar-refractivity contribution in [1.29, 1.82) is 0 Å². The molecule has 128 valence electrons. The predicted octanol–water partition coefficient (Wildman–Crippen LogP) is 2.77. The quantitative estimate of drug-likeness (QED) is 0.797. The molecule has 7 heteroatoms. The zero-order valence-corrected chi connectivity index (χ0v) is 15.2. The monoisotopic (exact) mass is 345 g/mol. The number of nitrogens with zero attached hydrogens (tertiary/aromatic N) is 5. The molecule has 0 aliphatic carbocycles. The van der Waals surface area contributed by atoms with E-state index < -0.39 is 0 Å². The number of tetrazole rings is 1. The summed E-state index contributed by atoms with van der Waals surface area (Å²) in [6.45, 7) is 7.77. The van der Waals surface area contributed by atoms with Crippen molar-refractivity contribution >= 4 is 17.7 Å². The van der Waals surface area contributed by atoms with Gasteiger partial charge < -0.3 is 4.90 Å². The summed E-state index contributed by atoms with van der Waals surface area (Å²) in [6, 6.07) is 6.16. The number of amides is 1. The normalized spacial score (nSPS) is 16.2. The molecule has 0 saturated carbocycles. The highest BCUT2D eigenvalue weighted by molar-refractivity contribution is 8.00. The van der Waals surface area contributed by atoms with Crippen LogP contribution in [0.1, 0.15) is 37.3 Å². The third kappa shape index (κ3) is 3.61. The maximum atomic E-state index is 12.6. The molecule has 0 spiro atoms. The number of carbonyl (C=O) groups excluding carboxylic acids is 1. The summed E-state index contributed by atoms with van der Waals surface area (Å²) in [6.07, 6.45) is 3.42. The van der Waals surface area contributed by atoms with Crippen LogP contribution in [0.15, 0.2) is 23.4 Å². The Bertz CT molecular complexity index is 724. The molecule has 1 aromatic heterocycles. The molecule has 0 N–H and O–H groups in total. The van der Waals surface area contributed by atoms with E-state index in [0.29, 0.717) is 5.16 Å². The number of aromatic nitrogens is 4. The third-order valence-electron chi connectivity index (χ3n) is 4.32. The molecule has 0 bridgehead atoms. The molecule has 0 radical (unpaired) electrons. The molecule has 2 aromatic rings. The number of hydrogen-bond acceptors (Lipinski definition) is 5. The van der Waals surface area contributed by atoms with E-state index in [1.165, 1.54) is 23.7 Å². The van der Waals surface area contributed by atoms with Gasteiger partial charge in [0.2, 0.25) is 11.1 Å². The fourth-order valence-electron chi connectivity index (χ4n) is 3.03. The lowest BCUT2D eigenvalue weighted by atomic mass is 10.1. The van der Waals surface area contributed by atoms with Gasteiger partial charge >= 0.3 is 0 Å². The Morgan fingerprint density at radius 1 is 1.21 bits per heavy atom. The number of hydrogen-bond donors (Lipinski definition) is 0. The summed E-state index contributed by atoms with van der Waals surface area (Å²) in [5, 5.41) is 12.5. The summed E-state index contributed by atoms with van der Waals surface area (Å²) in [4.78, 5) is 14.6. The van der Waals surface area contributed by atoms with Crippen LogP contribution in [-0.4, -0.2) is 49.4 Å². The maximum Gasteiger partial charge on any atom is 0.235 e. The van der Waals surface area contributed by atoms with Crippen molar-refractivity contribution in [2.75, 3.05) is 13.1 Å². The number of likely N-dealkylation sites (tertiary alicyclic amines) is 1. The van der Waals surface area contributed by atoms with Crippen LogP contribution in [-0.2, 0) is 4.79 Å². The molecule has 2 heterocycles. The molecule has 0 unspecified atom stereocenters. The van der Waals surface area contributed by atoms with Crippen LogP contribution in [0.25, 0.3) is 5.69 Å². The van der Waals surface area contributed by atoms with Gasteiger partial charge in [-0.1, -0.05) is 29.5 Å². The first-order valence-corrected chi connectivity index (χ1v) is 9.25. The Kier molecular flexibility index (Phi) is 5.18. The van der Waals surface area contributed by atoms with Crippen molar-refractivity contribution in [3.63, 3.8) is 0 Å². The highest BCUT2D eigenvalue weighted by Gasteiger charge is 2.25. The van der Waals surface area contributed by atoms with Crippen LogP contribution >= 0.6 is 11.8 Å². The van der Waals surface area contributed by atoms with E-state index in [-0.39, 0.29) is 11.2 Å². The highest BCUT2D eigenvalue weighted by Crippen LogP contribution is 2.26. The average molecular weight is 345 g/mol. The molecule has 1 amide bonds. The fourth-order valence-corrected chi connectivity index (χ4v) is 3.91. The molecule has 1 atom stereocenters. The summed E-state index contributed by atoms with van der Waals surface area (Å²) < 4.78 is 1.72. The number of benzene rings is 1. The molecule has 1 aliphatic rings. The van der Waals surface area contributed by atoms with Crippen LogP contribution in [0.3, 0.4) is 0 Å². The number of aryl methyl sites for hydroxylation is 2. The van der Waals surface area contributed by atoms with Crippen molar-refractivity contribution in [3.8, 4) is 5.69 Å². The third-order valence-corrected chi connectivity index (χ3v) is 5.34. The van der Waals surface area contributed by atoms with Gasteiger partial charge in [0.05, 0.1) is 10.9 Å². The average Bonchev–Trinajstić information content (AvgIpc) is 3.03. The molecule has 1 aromatic carbocycles. The second-order valence-corrected chi connectivity index (χ2v) is 7.62. The van der Waals surface area contributed by atoms with Gasteiger partial charge in [0.1, 0.15) is 0 Å².